The van der Waals surface area contributed by atoms with Gasteiger partial charge in [-0.05, 0) is 51.4 Å². The van der Waals surface area contributed by atoms with Crippen LogP contribution in [0.25, 0.3) is 0 Å². The molecule has 3 rings (SSSR count). The molecule has 2 saturated carbocycles. The SMILES string of the molecule is CC(C)=C[C@@H](C)B1O[C@H](C2CCCCC2)[C@@H](C2CCCCC2)O1. The van der Waals surface area contributed by atoms with Gasteiger partial charge in [0.15, 0.2) is 0 Å². The highest BCUT2D eigenvalue weighted by Crippen LogP contribution is 2.42. The molecular formula is C20H35BO2. The Hall–Kier alpha value is -0.275. The standard InChI is InChI=1S/C20H35BO2/c1-15(2)14-16(3)21-22-19(17-10-6-4-7-11-17)20(23-21)18-12-8-5-9-13-18/h14,16-20H,4-13H2,1-3H3/t16-,19-,20-/m1/s1. The first-order valence-electron chi connectivity index (χ1n) is 10.1. The van der Waals surface area contributed by atoms with Crippen LogP contribution < -0.4 is 0 Å². The van der Waals surface area contributed by atoms with E-state index in [-0.39, 0.29) is 7.12 Å². The lowest BCUT2D eigenvalue weighted by atomic mass is 9.72. The summed E-state index contributed by atoms with van der Waals surface area (Å²) in [7, 11) is -0.0243. The fraction of sp³-hybridized carbons (Fsp3) is 0.900. The minimum Gasteiger partial charge on any atom is -0.405 e. The molecule has 0 unspecified atom stereocenters. The van der Waals surface area contributed by atoms with Crippen molar-refractivity contribution in [3.8, 4) is 0 Å². The Morgan fingerprint density at radius 1 is 0.826 bits per heavy atom. The van der Waals surface area contributed by atoms with Crippen molar-refractivity contribution in [3.63, 3.8) is 0 Å². The maximum atomic E-state index is 6.56. The van der Waals surface area contributed by atoms with Crippen molar-refractivity contribution in [2.75, 3.05) is 0 Å². The van der Waals surface area contributed by atoms with E-state index >= 15 is 0 Å². The van der Waals surface area contributed by atoms with Crippen LogP contribution in [0.5, 0.6) is 0 Å². The second-order valence-electron chi connectivity index (χ2n) is 8.47. The molecule has 130 valence electrons. The quantitative estimate of drug-likeness (QED) is 0.483. The number of hydrogen-bond acceptors (Lipinski definition) is 2. The highest BCUT2D eigenvalue weighted by molar-refractivity contribution is 6.47. The Morgan fingerprint density at radius 2 is 1.26 bits per heavy atom. The molecule has 0 spiro atoms. The molecule has 0 radical (unpaired) electrons. The molecule has 0 aromatic carbocycles. The van der Waals surface area contributed by atoms with E-state index in [1.165, 1.54) is 69.8 Å². The number of hydrogen-bond donors (Lipinski definition) is 0. The maximum Gasteiger partial charge on any atom is 0.464 e. The van der Waals surface area contributed by atoms with E-state index in [2.05, 4.69) is 26.8 Å². The summed E-state index contributed by atoms with van der Waals surface area (Å²) in [6, 6.07) is 0. The smallest absolute Gasteiger partial charge is 0.405 e. The fourth-order valence-electron chi connectivity index (χ4n) is 5.03. The molecule has 1 saturated heterocycles. The van der Waals surface area contributed by atoms with Crippen molar-refractivity contribution < 1.29 is 9.31 Å². The summed E-state index contributed by atoms with van der Waals surface area (Å²) in [6.45, 7) is 6.59. The second kappa shape index (κ2) is 8.20. The molecule has 3 fully saturated rings. The van der Waals surface area contributed by atoms with E-state index in [0.717, 1.165) is 11.8 Å². The number of rotatable bonds is 4. The third kappa shape index (κ3) is 4.42. The third-order valence-electron chi connectivity index (χ3n) is 6.16. The van der Waals surface area contributed by atoms with Crippen molar-refractivity contribution in [3.05, 3.63) is 11.6 Å². The van der Waals surface area contributed by atoms with Crippen molar-refractivity contribution in [2.24, 2.45) is 11.8 Å². The molecule has 0 aromatic rings. The summed E-state index contributed by atoms with van der Waals surface area (Å²) in [5.41, 5.74) is 1.36. The first-order valence-corrected chi connectivity index (χ1v) is 10.1. The zero-order valence-electron chi connectivity index (χ0n) is 15.4. The average Bonchev–Trinajstić information content (AvgIpc) is 3.01. The second-order valence-corrected chi connectivity index (χ2v) is 8.47. The van der Waals surface area contributed by atoms with Crippen LogP contribution in [0.2, 0.25) is 5.82 Å². The van der Waals surface area contributed by atoms with Crippen LogP contribution in [0.3, 0.4) is 0 Å². The molecule has 1 aliphatic heterocycles. The first-order chi connectivity index (χ1) is 11.1. The Morgan fingerprint density at radius 3 is 1.65 bits per heavy atom. The van der Waals surface area contributed by atoms with Gasteiger partial charge in [-0.15, -0.1) is 0 Å². The minimum atomic E-state index is -0.0243. The Bertz CT molecular complexity index is 366. The molecule has 0 amide bonds. The normalized spacial score (nSPS) is 32.0. The van der Waals surface area contributed by atoms with Crippen LogP contribution in [-0.2, 0) is 9.31 Å². The molecule has 3 heteroatoms. The Balaban J connectivity index is 1.71. The van der Waals surface area contributed by atoms with Gasteiger partial charge in [0.1, 0.15) is 0 Å². The van der Waals surface area contributed by atoms with E-state index in [0.29, 0.717) is 18.0 Å². The number of allylic oxidation sites excluding steroid dienone is 2. The van der Waals surface area contributed by atoms with Gasteiger partial charge in [-0.25, -0.2) is 0 Å². The van der Waals surface area contributed by atoms with Gasteiger partial charge in [0.25, 0.3) is 0 Å². The summed E-state index contributed by atoms with van der Waals surface area (Å²) in [5, 5.41) is 0. The van der Waals surface area contributed by atoms with Crippen molar-refractivity contribution in [1.82, 2.24) is 0 Å². The lowest BCUT2D eigenvalue weighted by Gasteiger charge is -2.35. The van der Waals surface area contributed by atoms with Crippen LogP contribution in [0.1, 0.15) is 85.0 Å². The molecule has 3 atom stereocenters. The summed E-state index contributed by atoms with van der Waals surface area (Å²) >= 11 is 0. The molecule has 0 bridgehead atoms. The van der Waals surface area contributed by atoms with Gasteiger partial charge < -0.3 is 9.31 Å². The monoisotopic (exact) mass is 318 g/mol. The molecule has 2 nitrogen and oxygen atoms in total. The molecule has 3 aliphatic rings. The molecule has 1 heterocycles. The third-order valence-corrected chi connectivity index (χ3v) is 6.16. The highest BCUT2D eigenvalue weighted by Gasteiger charge is 2.48. The zero-order chi connectivity index (χ0) is 16.2. The average molecular weight is 318 g/mol. The Kier molecular flexibility index (Phi) is 6.26. The van der Waals surface area contributed by atoms with Gasteiger partial charge in [-0.2, -0.15) is 0 Å². The predicted octanol–water partition coefficient (Wildman–Crippen LogP) is 5.78. The van der Waals surface area contributed by atoms with Crippen LogP contribution in [-0.4, -0.2) is 19.3 Å². The van der Waals surface area contributed by atoms with Crippen LogP contribution in [0.15, 0.2) is 11.6 Å². The summed E-state index contributed by atoms with van der Waals surface area (Å²) in [4.78, 5) is 0. The fourth-order valence-corrected chi connectivity index (χ4v) is 5.03. The van der Waals surface area contributed by atoms with E-state index in [1.54, 1.807) is 0 Å². The highest BCUT2D eigenvalue weighted by atomic mass is 16.7. The van der Waals surface area contributed by atoms with Gasteiger partial charge in [-0.1, -0.05) is 57.1 Å². The zero-order valence-corrected chi connectivity index (χ0v) is 15.4. The predicted molar refractivity (Wildman–Crippen MR) is 97.5 cm³/mol. The van der Waals surface area contributed by atoms with Crippen LogP contribution >= 0.6 is 0 Å². The van der Waals surface area contributed by atoms with Crippen LogP contribution in [0, 0.1) is 11.8 Å². The Labute approximate surface area is 143 Å². The van der Waals surface area contributed by atoms with E-state index in [9.17, 15) is 0 Å². The van der Waals surface area contributed by atoms with Gasteiger partial charge in [0.05, 0.1) is 12.2 Å². The topological polar surface area (TPSA) is 18.5 Å². The largest absolute Gasteiger partial charge is 0.464 e. The summed E-state index contributed by atoms with van der Waals surface area (Å²) < 4.78 is 13.1. The van der Waals surface area contributed by atoms with Crippen LogP contribution in [0.4, 0.5) is 0 Å². The molecule has 23 heavy (non-hydrogen) atoms. The molecular weight excluding hydrogens is 283 g/mol. The summed E-state index contributed by atoms with van der Waals surface area (Å²) in [6.07, 6.45) is 16.8. The van der Waals surface area contributed by atoms with E-state index < -0.39 is 0 Å². The summed E-state index contributed by atoms with van der Waals surface area (Å²) in [5.74, 6) is 1.83. The first kappa shape index (κ1) is 17.5. The van der Waals surface area contributed by atoms with Gasteiger partial charge >= 0.3 is 7.12 Å². The lowest BCUT2D eigenvalue weighted by molar-refractivity contribution is 0.0324. The van der Waals surface area contributed by atoms with Crippen molar-refractivity contribution >= 4 is 7.12 Å². The molecule has 0 N–H and O–H groups in total. The molecule has 0 aromatic heterocycles. The minimum absolute atomic E-state index is 0.0243. The van der Waals surface area contributed by atoms with Gasteiger partial charge in [0, 0.05) is 5.82 Å². The van der Waals surface area contributed by atoms with Gasteiger partial charge in [0.2, 0.25) is 0 Å². The van der Waals surface area contributed by atoms with Crippen molar-refractivity contribution in [2.45, 2.75) is 103 Å². The van der Waals surface area contributed by atoms with Crippen molar-refractivity contribution in [1.29, 1.82) is 0 Å². The van der Waals surface area contributed by atoms with Gasteiger partial charge in [-0.3, -0.25) is 0 Å². The lowest BCUT2D eigenvalue weighted by Crippen LogP contribution is -2.38. The maximum absolute atomic E-state index is 6.56. The molecule has 2 aliphatic carbocycles. The van der Waals surface area contributed by atoms with E-state index in [1.807, 2.05) is 0 Å². The van der Waals surface area contributed by atoms with E-state index in [4.69, 9.17) is 9.31 Å².